The number of amidine groups is 1. The molecule has 1 rings (SSSR count). The van der Waals surface area contributed by atoms with Gasteiger partial charge >= 0.3 is 0 Å². The van der Waals surface area contributed by atoms with Gasteiger partial charge < -0.3 is 21.1 Å². The highest BCUT2D eigenvalue weighted by molar-refractivity contribution is 5.86. The summed E-state index contributed by atoms with van der Waals surface area (Å²) in [5.74, 6) is -0.0357. The Morgan fingerprint density at radius 3 is 2.91 bits per heavy atom. The summed E-state index contributed by atoms with van der Waals surface area (Å²) in [5, 5.41) is 11.0. The fraction of sp³-hybridized carbons (Fsp3) is 0.167. The Labute approximate surface area is 63.3 Å². The first-order chi connectivity index (χ1) is 5.25. The van der Waals surface area contributed by atoms with Crippen LogP contribution < -0.4 is 11.5 Å². The number of hydrogen-bond donors (Lipinski definition) is 3. The molecule has 1 heterocycles. The monoisotopic (exact) mass is 155 g/mol. The Balaban J connectivity index is 2.78. The fourth-order valence-electron chi connectivity index (χ4n) is 0.685. The second-order valence-electron chi connectivity index (χ2n) is 2.06. The van der Waals surface area contributed by atoms with Crippen molar-refractivity contribution in [3.63, 3.8) is 0 Å². The number of nitrogens with two attached hydrogens (primary N) is 2. The van der Waals surface area contributed by atoms with Gasteiger partial charge in [0.1, 0.15) is 0 Å². The molecule has 1 atom stereocenters. The van der Waals surface area contributed by atoms with Crippen molar-refractivity contribution < 1.29 is 9.62 Å². The Hall–Kier alpha value is -1.49. The van der Waals surface area contributed by atoms with Crippen LogP contribution in [0.3, 0.4) is 0 Å². The van der Waals surface area contributed by atoms with Crippen LogP contribution in [0.25, 0.3) is 0 Å². The maximum atomic E-state index is 8.26. The number of nitrogens with zero attached hydrogens (tertiary/aromatic N) is 1. The lowest BCUT2D eigenvalue weighted by Crippen LogP contribution is -2.28. The minimum absolute atomic E-state index is 0.0357. The number of hydrogen-bond acceptors (Lipinski definition) is 4. The van der Waals surface area contributed by atoms with E-state index in [9.17, 15) is 0 Å². The van der Waals surface area contributed by atoms with Gasteiger partial charge in [0.05, 0.1) is 18.6 Å². The molecule has 5 heteroatoms. The molecule has 0 fully saturated rings. The number of oxime groups is 1. The predicted octanol–water partition coefficient (Wildman–Crippen LogP) is 0.0258. The van der Waals surface area contributed by atoms with Crippen LogP contribution in [0.4, 0.5) is 0 Å². The summed E-state index contributed by atoms with van der Waals surface area (Å²) in [5.41, 5.74) is 11.4. The topological polar surface area (TPSA) is 97.8 Å². The summed E-state index contributed by atoms with van der Waals surface area (Å²) in [4.78, 5) is 0. The lowest BCUT2D eigenvalue weighted by atomic mass is 10.1. The van der Waals surface area contributed by atoms with Gasteiger partial charge in [0.15, 0.2) is 5.84 Å². The Morgan fingerprint density at radius 1 is 1.73 bits per heavy atom. The average molecular weight is 155 g/mol. The summed E-state index contributed by atoms with van der Waals surface area (Å²) in [7, 11) is 0. The first-order valence-electron chi connectivity index (χ1n) is 3.01. The van der Waals surface area contributed by atoms with Gasteiger partial charge in [-0.15, -0.1) is 0 Å². The maximum absolute atomic E-state index is 8.26. The van der Waals surface area contributed by atoms with Crippen molar-refractivity contribution in [2.75, 3.05) is 0 Å². The standard InChI is InChI=1S/C6H9N3O2/c7-5(6(8)9-10)4-1-2-11-3-4/h1-3,5,10H,7H2,(H2,8,9). The van der Waals surface area contributed by atoms with Crippen molar-refractivity contribution in [1.82, 2.24) is 0 Å². The molecule has 5 nitrogen and oxygen atoms in total. The summed E-state index contributed by atoms with van der Waals surface area (Å²) in [6.45, 7) is 0. The lowest BCUT2D eigenvalue weighted by molar-refractivity contribution is 0.316. The molecule has 5 N–H and O–H groups in total. The van der Waals surface area contributed by atoms with Gasteiger partial charge in [0.25, 0.3) is 0 Å². The van der Waals surface area contributed by atoms with Crippen LogP contribution in [0.1, 0.15) is 11.6 Å². The van der Waals surface area contributed by atoms with Crippen molar-refractivity contribution >= 4 is 5.84 Å². The van der Waals surface area contributed by atoms with E-state index in [0.29, 0.717) is 5.56 Å². The largest absolute Gasteiger partial charge is 0.472 e. The highest BCUT2D eigenvalue weighted by Gasteiger charge is 2.11. The third kappa shape index (κ3) is 1.50. The van der Waals surface area contributed by atoms with Crippen LogP contribution in [0.15, 0.2) is 28.2 Å². The van der Waals surface area contributed by atoms with Gasteiger partial charge in [-0.05, 0) is 6.07 Å². The van der Waals surface area contributed by atoms with Crippen molar-refractivity contribution in [3.05, 3.63) is 24.2 Å². The first-order valence-corrected chi connectivity index (χ1v) is 3.01. The van der Waals surface area contributed by atoms with Crippen molar-refractivity contribution in [3.8, 4) is 0 Å². The molecular weight excluding hydrogens is 146 g/mol. The van der Waals surface area contributed by atoms with E-state index in [1.165, 1.54) is 12.5 Å². The van der Waals surface area contributed by atoms with Gasteiger partial charge in [-0.3, -0.25) is 0 Å². The summed E-state index contributed by atoms with van der Waals surface area (Å²) < 4.78 is 4.76. The van der Waals surface area contributed by atoms with Gasteiger partial charge in [0, 0.05) is 5.56 Å². The van der Waals surface area contributed by atoms with E-state index in [4.69, 9.17) is 21.1 Å². The van der Waals surface area contributed by atoms with Crippen molar-refractivity contribution in [2.24, 2.45) is 16.6 Å². The smallest absolute Gasteiger partial charge is 0.160 e. The maximum Gasteiger partial charge on any atom is 0.160 e. The SMILES string of the molecule is N/C(=N\O)C(N)c1ccoc1. The van der Waals surface area contributed by atoms with Gasteiger partial charge in [-0.1, -0.05) is 5.16 Å². The molecule has 0 aliphatic heterocycles. The second kappa shape index (κ2) is 3.07. The quantitative estimate of drug-likeness (QED) is 0.243. The lowest BCUT2D eigenvalue weighted by Gasteiger charge is -2.04. The highest BCUT2D eigenvalue weighted by atomic mass is 16.4. The zero-order valence-corrected chi connectivity index (χ0v) is 5.77. The van der Waals surface area contributed by atoms with Crippen molar-refractivity contribution in [2.45, 2.75) is 6.04 Å². The highest BCUT2D eigenvalue weighted by Crippen LogP contribution is 2.09. The molecule has 0 bridgehead atoms. The molecule has 0 saturated heterocycles. The van der Waals surface area contributed by atoms with Crippen LogP contribution in [0.5, 0.6) is 0 Å². The number of furan rings is 1. The van der Waals surface area contributed by atoms with Crippen molar-refractivity contribution in [1.29, 1.82) is 0 Å². The molecule has 1 aromatic heterocycles. The van der Waals surface area contributed by atoms with Gasteiger partial charge in [0.2, 0.25) is 0 Å². The third-order valence-corrected chi connectivity index (χ3v) is 1.34. The van der Waals surface area contributed by atoms with E-state index in [0.717, 1.165) is 0 Å². The molecule has 11 heavy (non-hydrogen) atoms. The van der Waals surface area contributed by atoms with E-state index >= 15 is 0 Å². The minimum atomic E-state index is -0.598. The number of rotatable bonds is 2. The molecule has 0 radical (unpaired) electrons. The molecule has 0 spiro atoms. The van der Waals surface area contributed by atoms with E-state index in [-0.39, 0.29) is 5.84 Å². The molecule has 0 aromatic carbocycles. The van der Waals surface area contributed by atoms with E-state index in [1.807, 2.05) is 0 Å². The van der Waals surface area contributed by atoms with E-state index < -0.39 is 6.04 Å². The molecule has 1 aromatic rings. The molecular formula is C6H9N3O2. The van der Waals surface area contributed by atoms with Crippen LogP contribution in [0.2, 0.25) is 0 Å². The van der Waals surface area contributed by atoms with Crippen LogP contribution in [-0.4, -0.2) is 11.0 Å². The predicted molar refractivity (Wildman–Crippen MR) is 39.0 cm³/mol. The average Bonchev–Trinajstić information content (AvgIpc) is 2.53. The first kappa shape index (κ1) is 7.62. The fourth-order valence-corrected chi connectivity index (χ4v) is 0.685. The molecule has 0 amide bonds. The molecule has 1 unspecified atom stereocenters. The molecule has 0 saturated carbocycles. The Kier molecular flexibility index (Phi) is 2.12. The normalized spacial score (nSPS) is 14.8. The van der Waals surface area contributed by atoms with E-state index in [2.05, 4.69) is 5.16 Å². The molecule has 0 aliphatic carbocycles. The van der Waals surface area contributed by atoms with Gasteiger partial charge in [-0.2, -0.15) is 0 Å². The summed E-state index contributed by atoms with van der Waals surface area (Å²) >= 11 is 0. The third-order valence-electron chi connectivity index (χ3n) is 1.34. The van der Waals surface area contributed by atoms with Gasteiger partial charge in [-0.25, -0.2) is 0 Å². The van der Waals surface area contributed by atoms with Crippen LogP contribution in [0, 0.1) is 0 Å². The minimum Gasteiger partial charge on any atom is -0.472 e. The Bertz CT molecular complexity index is 242. The molecule has 60 valence electrons. The zero-order chi connectivity index (χ0) is 8.27. The van der Waals surface area contributed by atoms with Crippen LogP contribution >= 0.6 is 0 Å². The Morgan fingerprint density at radius 2 is 2.45 bits per heavy atom. The molecule has 0 aliphatic rings. The van der Waals surface area contributed by atoms with E-state index in [1.54, 1.807) is 6.07 Å². The zero-order valence-electron chi connectivity index (χ0n) is 5.77. The second-order valence-corrected chi connectivity index (χ2v) is 2.06. The summed E-state index contributed by atoms with van der Waals surface area (Å²) in [6.07, 6.45) is 2.92. The van der Waals surface area contributed by atoms with Crippen LogP contribution in [-0.2, 0) is 0 Å². The summed E-state index contributed by atoms with van der Waals surface area (Å²) in [6, 6.07) is 1.06.